The number of benzene rings is 1. The number of hydrogen-bond donors (Lipinski definition) is 2. The summed E-state index contributed by atoms with van der Waals surface area (Å²) in [6.45, 7) is 8.43. The lowest BCUT2D eigenvalue weighted by atomic mass is 9.79. The number of hydrogen-bond acceptors (Lipinski definition) is 4. The predicted octanol–water partition coefficient (Wildman–Crippen LogP) is 3.54. The predicted molar refractivity (Wildman–Crippen MR) is 97.0 cm³/mol. The maximum Gasteiger partial charge on any atom is 0.144 e. The van der Waals surface area contributed by atoms with Gasteiger partial charge < -0.3 is 20.5 Å². The largest absolute Gasteiger partial charge is 0.495 e. The molecule has 4 nitrogen and oxygen atoms in total. The van der Waals surface area contributed by atoms with Gasteiger partial charge in [0, 0.05) is 24.8 Å². The fourth-order valence-electron chi connectivity index (χ4n) is 3.78. The maximum atomic E-state index is 10.00. The van der Waals surface area contributed by atoms with Gasteiger partial charge in [0.05, 0.1) is 18.9 Å². The van der Waals surface area contributed by atoms with Crippen LogP contribution in [0, 0.1) is 17.8 Å². The van der Waals surface area contributed by atoms with Crippen molar-refractivity contribution < 1.29 is 9.84 Å². The Kier molecular flexibility index (Phi) is 6.17. The summed E-state index contributed by atoms with van der Waals surface area (Å²) in [5.41, 5.74) is 7.71. The van der Waals surface area contributed by atoms with Crippen molar-refractivity contribution in [3.05, 3.63) is 18.2 Å². The molecule has 23 heavy (non-hydrogen) atoms. The molecule has 0 aliphatic carbocycles. The van der Waals surface area contributed by atoms with Crippen molar-refractivity contribution in [1.29, 1.82) is 0 Å². The summed E-state index contributed by atoms with van der Waals surface area (Å²) in [7, 11) is 1.70. The molecule has 130 valence electrons. The summed E-state index contributed by atoms with van der Waals surface area (Å²) in [5, 5.41) is 10.00. The smallest absolute Gasteiger partial charge is 0.144 e. The van der Waals surface area contributed by atoms with Crippen LogP contribution in [0.25, 0.3) is 0 Å². The van der Waals surface area contributed by atoms with Crippen LogP contribution in [0.1, 0.15) is 40.0 Å². The molecule has 0 spiro atoms. The third-order valence-corrected chi connectivity index (χ3v) is 5.24. The highest BCUT2D eigenvalue weighted by molar-refractivity contribution is 5.64. The van der Waals surface area contributed by atoms with Gasteiger partial charge in [-0.3, -0.25) is 0 Å². The molecule has 0 saturated carbocycles. The highest BCUT2D eigenvalue weighted by Gasteiger charge is 2.27. The van der Waals surface area contributed by atoms with Crippen LogP contribution in [0.4, 0.5) is 11.4 Å². The van der Waals surface area contributed by atoms with Gasteiger partial charge in [-0.2, -0.15) is 0 Å². The van der Waals surface area contributed by atoms with Crippen LogP contribution < -0.4 is 15.4 Å². The minimum absolute atomic E-state index is 0.217. The molecule has 1 unspecified atom stereocenters. The number of piperidine rings is 1. The molecular formula is C19H32N2O2. The van der Waals surface area contributed by atoms with Gasteiger partial charge in [-0.25, -0.2) is 0 Å². The number of methoxy groups -OCH3 is 1. The molecule has 0 amide bonds. The number of anilines is 2. The van der Waals surface area contributed by atoms with E-state index in [1.807, 2.05) is 19.1 Å². The molecule has 3 N–H and O–H groups in total. The molecule has 1 aliphatic heterocycles. The minimum Gasteiger partial charge on any atom is -0.495 e. The van der Waals surface area contributed by atoms with E-state index >= 15 is 0 Å². The second-order valence-corrected chi connectivity index (χ2v) is 7.25. The molecule has 1 heterocycles. The molecule has 0 radical (unpaired) electrons. The Morgan fingerprint density at radius 1 is 1.26 bits per heavy atom. The topological polar surface area (TPSA) is 58.7 Å². The number of aliphatic hydroxyl groups is 1. The lowest BCUT2D eigenvalue weighted by Gasteiger charge is -2.37. The standard InChI is InChI=1S/C19H32N2O2/c1-13(2)17(14(3)22)11-15-7-9-21(10-8-15)18-6-5-16(20)12-19(18)23-4/h5-6,12-15,17,22H,7-11,20H2,1-4H3/t14?,17-/m0/s1. The fourth-order valence-corrected chi connectivity index (χ4v) is 3.78. The Hall–Kier alpha value is -1.42. The molecule has 4 heteroatoms. The molecule has 0 bridgehead atoms. The SMILES string of the molecule is COc1cc(N)ccc1N1CCC(C[C@@H](C(C)C)C(C)O)CC1. The van der Waals surface area contributed by atoms with Crippen molar-refractivity contribution in [3.63, 3.8) is 0 Å². The minimum atomic E-state index is -0.217. The third kappa shape index (κ3) is 4.54. The van der Waals surface area contributed by atoms with E-state index in [0.29, 0.717) is 17.8 Å². The number of rotatable bonds is 6. The van der Waals surface area contributed by atoms with Crippen LogP contribution in [0.5, 0.6) is 5.75 Å². The van der Waals surface area contributed by atoms with E-state index in [0.717, 1.165) is 36.6 Å². The summed E-state index contributed by atoms with van der Waals surface area (Å²) in [6.07, 6.45) is 3.25. The Morgan fingerprint density at radius 3 is 2.43 bits per heavy atom. The van der Waals surface area contributed by atoms with E-state index in [1.54, 1.807) is 7.11 Å². The monoisotopic (exact) mass is 320 g/mol. The van der Waals surface area contributed by atoms with Crippen LogP contribution in [0.15, 0.2) is 18.2 Å². The van der Waals surface area contributed by atoms with Crippen molar-refractivity contribution in [2.45, 2.75) is 46.1 Å². The number of nitrogens with two attached hydrogens (primary N) is 1. The number of nitrogens with zero attached hydrogens (tertiary/aromatic N) is 1. The maximum absolute atomic E-state index is 10.00. The lowest BCUT2D eigenvalue weighted by Crippen LogP contribution is -2.36. The molecule has 2 rings (SSSR count). The first-order valence-electron chi connectivity index (χ1n) is 8.79. The summed E-state index contributed by atoms with van der Waals surface area (Å²) in [6, 6.07) is 5.89. The molecule has 2 atom stereocenters. The van der Waals surface area contributed by atoms with E-state index < -0.39 is 0 Å². The number of aliphatic hydroxyl groups excluding tert-OH is 1. The molecule has 0 aromatic heterocycles. The van der Waals surface area contributed by atoms with E-state index in [-0.39, 0.29) is 6.10 Å². The molecule has 1 aliphatic rings. The van der Waals surface area contributed by atoms with Crippen LogP contribution in [0.3, 0.4) is 0 Å². The molecule has 1 aromatic rings. The lowest BCUT2D eigenvalue weighted by molar-refractivity contribution is 0.0766. The Bertz CT molecular complexity index is 486. The van der Waals surface area contributed by atoms with Crippen molar-refractivity contribution in [2.75, 3.05) is 30.8 Å². The van der Waals surface area contributed by atoms with E-state index in [9.17, 15) is 5.11 Å². The number of nitrogen functional groups attached to an aromatic ring is 1. The van der Waals surface area contributed by atoms with Gasteiger partial charge in [0.25, 0.3) is 0 Å². The van der Waals surface area contributed by atoms with Crippen LogP contribution in [-0.4, -0.2) is 31.4 Å². The fraction of sp³-hybridized carbons (Fsp3) is 0.684. The zero-order chi connectivity index (χ0) is 17.0. The highest BCUT2D eigenvalue weighted by Crippen LogP contribution is 2.35. The average molecular weight is 320 g/mol. The average Bonchev–Trinajstić information content (AvgIpc) is 2.52. The van der Waals surface area contributed by atoms with Crippen LogP contribution in [-0.2, 0) is 0 Å². The Balaban J connectivity index is 1.96. The van der Waals surface area contributed by atoms with Gasteiger partial charge in [0.1, 0.15) is 5.75 Å². The van der Waals surface area contributed by atoms with E-state index in [4.69, 9.17) is 10.5 Å². The highest BCUT2D eigenvalue weighted by atomic mass is 16.5. The first kappa shape index (κ1) is 17.9. The first-order chi connectivity index (χ1) is 10.9. The molecule has 1 aromatic carbocycles. The normalized spacial score (nSPS) is 19.0. The van der Waals surface area contributed by atoms with Crippen molar-refractivity contribution in [2.24, 2.45) is 17.8 Å². The van der Waals surface area contributed by atoms with Gasteiger partial charge in [0.15, 0.2) is 0 Å². The summed E-state index contributed by atoms with van der Waals surface area (Å²) in [5.74, 6) is 2.49. The van der Waals surface area contributed by atoms with Gasteiger partial charge in [-0.15, -0.1) is 0 Å². The Morgan fingerprint density at radius 2 is 1.91 bits per heavy atom. The quantitative estimate of drug-likeness (QED) is 0.787. The van der Waals surface area contributed by atoms with Gasteiger partial charge >= 0.3 is 0 Å². The zero-order valence-electron chi connectivity index (χ0n) is 15.0. The number of ether oxygens (including phenoxy) is 1. The third-order valence-electron chi connectivity index (χ3n) is 5.24. The van der Waals surface area contributed by atoms with Crippen LogP contribution >= 0.6 is 0 Å². The first-order valence-corrected chi connectivity index (χ1v) is 8.79. The van der Waals surface area contributed by atoms with Gasteiger partial charge in [-0.05, 0) is 56.1 Å². The zero-order valence-corrected chi connectivity index (χ0v) is 15.0. The molecule has 1 saturated heterocycles. The Labute approximate surface area is 140 Å². The van der Waals surface area contributed by atoms with Crippen molar-refractivity contribution >= 4 is 11.4 Å². The second kappa shape index (κ2) is 7.91. The van der Waals surface area contributed by atoms with Crippen molar-refractivity contribution in [3.8, 4) is 5.75 Å². The van der Waals surface area contributed by atoms with Gasteiger partial charge in [0.2, 0.25) is 0 Å². The second-order valence-electron chi connectivity index (χ2n) is 7.25. The summed E-state index contributed by atoms with van der Waals surface area (Å²) < 4.78 is 5.48. The van der Waals surface area contributed by atoms with E-state index in [1.165, 1.54) is 12.8 Å². The van der Waals surface area contributed by atoms with E-state index in [2.05, 4.69) is 24.8 Å². The summed E-state index contributed by atoms with van der Waals surface area (Å²) in [4.78, 5) is 2.39. The van der Waals surface area contributed by atoms with Crippen molar-refractivity contribution in [1.82, 2.24) is 0 Å². The summed E-state index contributed by atoms with van der Waals surface area (Å²) >= 11 is 0. The molecular weight excluding hydrogens is 288 g/mol. The molecule has 1 fully saturated rings. The van der Waals surface area contributed by atoms with Crippen LogP contribution in [0.2, 0.25) is 0 Å². The van der Waals surface area contributed by atoms with Gasteiger partial charge in [-0.1, -0.05) is 13.8 Å².